The quantitative estimate of drug-likeness (QED) is 0.570. The van der Waals surface area contributed by atoms with Gasteiger partial charge in [0.15, 0.2) is 6.29 Å². The molecule has 84 valence electrons. The Labute approximate surface area is 93.3 Å². The highest BCUT2D eigenvalue weighted by Gasteiger charge is 2.27. The second-order valence-corrected chi connectivity index (χ2v) is 8.19. The first-order chi connectivity index (χ1) is 6.79. The molecular formula is C12H20O2Si. The third-order valence-corrected chi connectivity index (χ3v) is 4.15. The largest absolute Gasteiger partial charge is 0.470 e. The molecular weight excluding hydrogens is 204 g/mol. The van der Waals surface area contributed by atoms with E-state index in [1.165, 1.54) is 0 Å². The second-order valence-electron chi connectivity index (χ2n) is 5.36. The summed E-state index contributed by atoms with van der Waals surface area (Å²) in [4.78, 5) is 11.1. The molecule has 1 rings (SSSR count). The Morgan fingerprint density at radius 2 is 1.80 bits per heavy atom. The number of aldehydes is 1. The molecule has 0 aromatic carbocycles. The van der Waals surface area contributed by atoms with E-state index in [1.807, 2.05) is 6.92 Å². The monoisotopic (exact) mass is 224 g/mol. The molecule has 0 saturated carbocycles. The van der Waals surface area contributed by atoms with Gasteiger partial charge in [0.1, 0.15) is 14.6 Å². The predicted molar refractivity (Wildman–Crippen MR) is 66.0 cm³/mol. The number of hydrogen-bond acceptors (Lipinski definition) is 2. The van der Waals surface area contributed by atoms with Gasteiger partial charge in [-0.15, -0.1) is 0 Å². The van der Waals surface area contributed by atoms with Gasteiger partial charge in [-0.1, -0.05) is 33.9 Å². The van der Waals surface area contributed by atoms with Crippen LogP contribution in [0.25, 0.3) is 0 Å². The average molecular weight is 224 g/mol. The molecule has 0 amide bonds. The summed E-state index contributed by atoms with van der Waals surface area (Å²) in [6, 6.07) is 0. The number of furan rings is 1. The predicted octanol–water partition coefficient (Wildman–Crippen LogP) is 2.39. The standard InChI is InChI=1S/C12H20O2Si/c1-8-9(7-13)10(12(2,3)4)14-11(8)15(5)6/h7,15H,1-6H3. The first-order valence-corrected chi connectivity index (χ1v) is 8.26. The highest BCUT2D eigenvalue weighted by Crippen LogP contribution is 2.27. The van der Waals surface area contributed by atoms with Gasteiger partial charge in [0, 0.05) is 5.41 Å². The van der Waals surface area contributed by atoms with Crippen molar-refractivity contribution < 1.29 is 9.21 Å². The minimum absolute atomic E-state index is 0.0947. The van der Waals surface area contributed by atoms with Crippen LogP contribution in [0.1, 0.15) is 42.5 Å². The van der Waals surface area contributed by atoms with Crippen LogP contribution in [-0.4, -0.2) is 15.1 Å². The zero-order valence-corrected chi connectivity index (χ0v) is 11.6. The molecule has 1 aromatic rings. The summed E-state index contributed by atoms with van der Waals surface area (Å²) in [7, 11) is -0.987. The molecule has 0 aliphatic heterocycles. The molecule has 1 aromatic heterocycles. The Balaban J connectivity index is 3.41. The van der Waals surface area contributed by atoms with Gasteiger partial charge >= 0.3 is 0 Å². The van der Waals surface area contributed by atoms with Crippen molar-refractivity contribution in [2.24, 2.45) is 0 Å². The molecule has 15 heavy (non-hydrogen) atoms. The molecule has 3 heteroatoms. The van der Waals surface area contributed by atoms with Crippen molar-refractivity contribution in [3.8, 4) is 0 Å². The van der Waals surface area contributed by atoms with Gasteiger partial charge in [0.05, 0.1) is 10.9 Å². The summed E-state index contributed by atoms with van der Waals surface area (Å²) in [6.45, 7) is 12.6. The normalized spacial score (nSPS) is 12.2. The molecule has 2 nitrogen and oxygen atoms in total. The molecule has 0 spiro atoms. The zero-order valence-electron chi connectivity index (χ0n) is 10.5. The number of carbonyl (C=O) groups excluding carboxylic acids is 1. The van der Waals surface area contributed by atoms with E-state index < -0.39 is 8.80 Å². The van der Waals surface area contributed by atoms with Crippen LogP contribution in [-0.2, 0) is 5.41 Å². The van der Waals surface area contributed by atoms with Crippen molar-refractivity contribution in [1.82, 2.24) is 0 Å². The van der Waals surface area contributed by atoms with Crippen LogP contribution in [0, 0.1) is 6.92 Å². The van der Waals surface area contributed by atoms with Crippen LogP contribution in [0.5, 0.6) is 0 Å². The lowest BCUT2D eigenvalue weighted by Crippen LogP contribution is -2.23. The van der Waals surface area contributed by atoms with Crippen LogP contribution < -0.4 is 5.38 Å². The van der Waals surface area contributed by atoms with Crippen LogP contribution >= 0.6 is 0 Å². The van der Waals surface area contributed by atoms with Crippen LogP contribution in [0.4, 0.5) is 0 Å². The molecule has 0 unspecified atom stereocenters. The molecule has 0 atom stereocenters. The van der Waals surface area contributed by atoms with Gasteiger partial charge in [-0.05, 0) is 12.5 Å². The van der Waals surface area contributed by atoms with Crippen molar-refractivity contribution in [3.05, 3.63) is 16.9 Å². The van der Waals surface area contributed by atoms with Gasteiger partial charge in [0.2, 0.25) is 0 Å². The van der Waals surface area contributed by atoms with Gasteiger partial charge < -0.3 is 4.42 Å². The smallest absolute Gasteiger partial charge is 0.153 e. The first-order valence-electron chi connectivity index (χ1n) is 5.38. The highest BCUT2D eigenvalue weighted by atomic mass is 28.3. The SMILES string of the molecule is Cc1c([SiH](C)C)oc(C(C)(C)C)c1C=O. The summed E-state index contributed by atoms with van der Waals surface area (Å²) in [5.74, 6) is 0.839. The van der Waals surface area contributed by atoms with E-state index in [1.54, 1.807) is 0 Å². The summed E-state index contributed by atoms with van der Waals surface area (Å²) in [5, 5.41) is 1.07. The van der Waals surface area contributed by atoms with E-state index >= 15 is 0 Å². The van der Waals surface area contributed by atoms with Gasteiger partial charge in [-0.25, -0.2) is 0 Å². The Morgan fingerprint density at radius 1 is 1.27 bits per heavy atom. The summed E-state index contributed by atoms with van der Waals surface area (Å²) < 4.78 is 5.89. The van der Waals surface area contributed by atoms with Crippen molar-refractivity contribution in [2.75, 3.05) is 0 Å². The van der Waals surface area contributed by atoms with E-state index in [-0.39, 0.29) is 5.41 Å². The van der Waals surface area contributed by atoms with Crippen molar-refractivity contribution in [1.29, 1.82) is 0 Å². The third-order valence-electron chi connectivity index (χ3n) is 2.55. The Bertz CT molecular complexity index is 370. The van der Waals surface area contributed by atoms with Gasteiger partial charge in [-0.2, -0.15) is 0 Å². The highest BCUT2D eigenvalue weighted by molar-refractivity contribution is 6.70. The molecule has 0 bridgehead atoms. The fraction of sp³-hybridized carbons (Fsp3) is 0.583. The maximum absolute atomic E-state index is 11.1. The minimum atomic E-state index is -0.987. The van der Waals surface area contributed by atoms with Gasteiger partial charge in [0.25, 0.3) is 0 Å². The number of rotatable bonds is 2. The molecule has 0 fully saturated rings. The second kappa shape index (κ2) is 3.97. The molecule has 0 aliphatic carbocycles. The Hall–Kier alpha value is -0.833. The molecule has 0 N–H and O–H groups in total. The van der Waals surface area contributed by atoms with Crippen molar-refractivity contribution >= 4 is 20.5 Å². The zero-order chi connectivity index (χ0) is 11.8. The van der Waals surface area contributed by atoms with E-state index in [9.17, 15) is 4.79 Å². The lowest BCUT2D eigenvalue weighted by molar-refractivity contribution is 0.111. The summed E-state index contributed by atoms with van der Waals surface area (Å²) >= 11 is 0. The lowest BCUT2D eigenvalue weighted by Gasteiger charge is -2.15. The van der Waals surface area contributed by atoms with Crippen LogP contribution in [0.15, 0.2) is 4.42 Å². The summed E-state index contributed by atoms with van der Waals surface area (Å²) in [5.41, 5.74) is 1.72. The first kappa shape index (κ1) is 12.2. The fourth-order valence-corrected chi connectivity index (χ4v) is 3.17. The number of carbonyl (C=O) groups is 1. The topological polar surface area (TPSA) is 30.2 Å². The Kier molecular flexibility index (Phi) is 3.24. The lowest BCUT2D eigenvalue weighted by atomic mass is 9.90. The Morgan fingerprint density at radius 3 is 2.07 bits per heavy atom. The third kappa shape index (κ3) is 2.22. The van der Waals surface area contributed by atoms with Crippen molar-refractivity contribution in [3.63, 3.8) is 0 Å². The van der Waals surface area contributed by atoms with E-state index in [2.05, 4.69) is 33.9 Å². The van der Waals surface area contributed by atoms with E-state index in [0.29, 0.717) is 0 Å². The summed E-state index contributed by atoms with van der Waals surface area (Å²) in [6.07, 6.45) is 0.930. The van der Waals surface area contributed by atoms with E-state index in [4.69, 9.17) is 4.42 Å². The van der Waals surface area contributed by atoms with Crippen molar-refractivity contribution in [2.45, 2.75) is 46.2 Å². The molecule has 1 heterocycles. The maximum atomic E-state index is 11.1. The molecule has 0 radical (unpaired) electrons. The number of hydrogen-bond donors (Lipinski definition) is 0. The van der Waals surface area contributed by atoms with Crippen LogP contribution in [0.3, 0.4) is 0 Å². The molecule has 0 aliphatic rings. The maximum Gasteiger partial charge on any atom is 0.153 e. The fourth-order valence-electron chi connectivity index (χ4n) is 1.79. The van der Waals surface area contributed by atoms with Gasteiger partial charge in [-0.3, -0.25) is 4.79 Å². The van der Waals surface area contributed by atoms with Crippen LogP contribution in [0.2, 0.25) is 13.1 Å². The molecule has 0 saturated heterocycles. The van der Waals surface area contributed by atoms with E-state index in [0.717, 1.165) is 28.6 Å². The average Bonchev–Trinajstić information content (AvgIpc) is 2.41. The minimum Gasteiger partial charge on any atom is -0.470 e.